The van der Waals surface area contributed by atoms with Crippen molar-refractivity contribution in [1.29, 1.82) is 0 Å². The summed E-state index contributed by atoms with van der Waals surface area (Å²) < 4.78 is 3.07. The fourth-order valence-corrected chi connectivity index (χ4v) is 5.20. The smallest absolute Gasteiger partial charge is 0.335 e. The number of carbonyl (C=O) groups is 1. The Morgan fingerprint density at radius 2 is 1.90 bits per heavy atom. The molecule has 164 valence electrons. The second kappa shape index (κ2) is 8.87. The Morgan fingerprint density at radius 3 is 2.58 bits per heavy atom. The molecule has 0 bridgehead atoms. The monoisotopic (exact) mass is 481 g/mol. The zero-order chi connectivity index (χ0) is 22.3. The van der Waals surface area contributed by atoms with Crippen LogP contribution >= 0.6 is 34.8 Å². The third kappa shape index (κ3) is 4.10. The van der Waals surface area contributed by atoms with Crippen LogP contribution in [0, 0.1) is 0 Å². The van der Waals surface area contributed by atoms with Crippen LogP contribution in [0.1, 0.15) is 36.5 Å². The molecule has 2 aromatic carbocycles. The van der Waals surface area contributed by atoms with Crippen molar-refractivity contribution in [2.45, 2.75) is 38.8 Å². The molecule has 0 radical (unpaired) electrons. The molecule has 9 heteroatoms. The fourth-order valence-electron chi connectivity index (χ4n) is 4.41. The van der Waals surface area contributed by atoms with Gasteiger partial charge < -0.3 is 5.11 Å². The van der Waals surface area contributed by atoms with E-state index in [0.29, 0.717) is 33.3 Å². The van der Waals surface area contributed by atoms with Crippen molar-refractivity contribution in [1.82, 2.24) is 14.0 Å². The number of imidazole rings is 1. The van der Waals surface area contributed by atoms with Crippen molar-refractivity contribution < 1.29 is 9.90 Å². The number of likely N-dealkylation sites (tertiary alicyclic amines) is 1. The number of likely N-dealkylation sites (N-methyl/N-ethyl adjacent to an activating group) is 1. The number of carboxylic acids is 1. The first kappa shape index (κ1) is 22.2. The van der Waals surface area contributed by atoms with E-state index in [0.717, 1.165) is 32.4 Å². The maximum atomic E-state index is 13.6. The van der Waals surface area contributed by atoms with E-state index in [2.05, 4.69) is 11.8 Å². The number of aromatic nitrogens is 2. The third-order valence-corrected chi connectivity index (χ3v) is 6.75. The van der Waals surface area contributed by atoms with Crippen molar-refractivity contribution in [3.05, 3.63) is 61.4 Å². The molecule has 1 N–H and O–H groups in total. The second-order valence-corrected chi connectivity index (χ2v) is 8.98. The number of benzene rings is 2. The van der Waals surface area contributed by atoms with Gasteiger partial charge in [-0.2, -0.15) is 0 Å². The van der Waals surface area contributed by atoms with Crippen LogP contribution in [0.4, 0.5) is 0 Å². The molecule has 31 heavy (non-hydrogen) atoms. The summed E-state index contributed by atoms with van der Waals surface area (Å²) in [6.45, 7) is 4.43. The Hall–Kier alpha value is -1.99. The minimum Gasteiger partial charge on any atom is -0.478 e. The summed E-state index contributed by atoms with van der Waals surface area (Å²) in [5.41, 5.74) is 1.06. The predicted molar refractivity (Wildman–Crippen MR) is 124 cm³/mol. The van der Waals surface area contributed by atoms with E-state index in [1.807, 2.05) is 0 Å². The van der Waals surface area contributed by atoms with Gasteiger partial charge in [0.2, 0.25) is 0 Å². The lowest BCUT2D eigenvalue weighted by Crippen LogP contribution is -2.43. The van der Waals surface area contributed by atoms with Gasteiger partial charge in [-0.15, -0.1) is 0 Å². The third-order valence-electron chi connectivity index (χ3n) is 5.93. The molecule has 1 aliphatic rings. The van der Waals surface area contributed by atoms with E-state index >= 15 is 0 Å². The molecule has 6 nitrogen and oxygen atoms in total. The van der Waals surface area contributed by atoms with Crippen molar-refractivity contribution in [2.24, 2.45) is 0 Å². The van der Waals surface area contributed by atoms with Crippen molar-refractivity contribution >= 4 is 51.8 Å². The molecule has 1 aliphatic heterocycles. The van der Waals surface area contributed by atoms with Crippen LogP contribution in [0.15, 0.2) is 35.1 Å². The van der Waals surface area contributed by atoms with Crippen molar-refractivity contribution in [3.8, 4) is 5.69 Å². The molecule has 1 unspecified atom stereocenters. The number of fused-ring (bicyclic) bond motifs is 1. The normalized spacial score (nSPS) is 17.4. The highest BCUT2D eigenvalue weighted by molar-refractivity contribution is 6.37. The lowest BCUT2D eigenvalue weighted by molar-refractivity contribution is 0.0697. The molecule has 0 amide bonds. The molecule has 1 saturated heterocycles. The molecule has 3 aromatic rings. The van der Waals surface area contributed by atoms with E-state index in [-0.39, 0.29) is 22.3 Å². The van der Waals surface area contributed by atoms with Crippen LogP contribution in [-0.4, -0.2) is 44.2 Å². The summed E-state index contributed by atoms with van der Waals surface area (Å²) in [4.78, 5) is 27.6. The molecule has 1 atom stereocenters. The number of hydrogen-bond donors (Lipinski definition) is 1. The molecule has 0 aliphatic carbocycles. The second-order valence-electron chi connectivity index (χ2n) is 7.73. The summed E-state index contributed by atoms with van der Waals surface area (Å²) in [6.07, 6.45) is 3.20. The Balaban J connectivity index is 1.97. The number of rotatable bonds is 5. The lowest BCUT2D eigenvalue weighted by Gasteiger charge is -2.35. The maximum absolute atomic E-state index is 13.6. The van der Waals surface area contributed by atoms with Gasteiger partial charge in [0.15, 0.2) is 0 Å². The minimum atomic E-state index is -1.10. The topological polar surface area (TPSA) is 67.5 Å². The van der Waals surface area contributed by atoms with Crippen LogP contribution in [-0.2, 0) is 6.54 Å². The van der Waals surface area contributed by atoms with Gasteiger partial charge in [-0.1, -0.05) is 48.1 Å². The van der Waals surface area contributed by atoms with Crippen LogP contribution < -0.4 is 5.69 Å². The Labute approximate surface area is 194 Å². The lowest BCUT2D eigenvalue weighted by atomic mass is 10.0. The minimum absolute atomic E-state index is 0.0293. The number of aromatic carboxylic acids is 1. The van der Waals surface area contributed by atoms with Gasteiger partial charge in [-0.3, -0.25) is 14.0 Å². The van der Waals surface area contributed by atoms with E-state index < -0.39 is 5.97 Å². The average molecular weight is 483 g/mol. The first-order valence-electron chi connectivity index (χ1n) is 10.2. The van der Waals surface area contributed by atoms with E-state index in [4.69, 9.17) is 34.8 Å². The van der Waals surface area contributed by atoms with Crippen molar-refractivity contribution in [3.63, 3.8) is 0 Å². The summed E-state index contributed by atoms with van der Waals surface area (Å²) in [6, 6.07) is 7.92. The quantitative estimate of drug-likeness (QED) is 0.534. The van der Waals surface area contributed by atoms with Gasteiger partial charge in [0.25, 0.3) is 0 Å². The Kier molecular flexibility index (Phi) is 6.35. The molecule has 0 saturated carbocycles. The molecule has 0 spiro atoms. The Morgan fingerprint density at radius 1 is 1.13 bits per heavy atom. The zero-order valence-electron chi connectivity index (χ0n) is 16.9. The van der Waals surface area contributed by atoms with Crippen LogP contribution in [0.25, 0.3) is 16.7 Å². The number of piperidine rings is 1. The van der Waals surface area contributed by atoms with Gasteiger partial charge in [0, 0.05) is 17.6 Å². The molecular weight excluding hydrogens is 461 g/mol. The molecule has 2 heterocycles. The number of hydrogen-bond acceptors (Lipinski definition) is 3. The predicted octanol–water partition coefficient (Wildman–Crippen LogP) is 5.33. The van der Waals surface area contributed by atoms with Crippen LogP contribution in [0.3, 0.4) is 0 Å². The number of halogens is 3. The maximum Gasteiger partial charge on any atom is 0.335 e. The first-order chi connectivity index (χ1) is 14.8. The summed E-state index contributed by atoms with van der Waals surface area (Å²) >= 11 is 19.0. The molecule has 4 rings (SSSR count). The van der Waals surface area contributed by atoms with Crippen LogP contribution in [0.2, 0.25) is 15.1 Å². The Bertz CT molecular complexity index is 1220. The van der Waals surface area contributed by atoms with E-state index in [1.165, 1.54) is 16.7 Å². The number of carboxylic acid groups (broad SMARTS) is 1. The van der Waals surface area contributed by atoms with Crippen molar-refractivity contribution in [2.75, 3.05) is 13.1 Å². The standard InChI is InChI=1S/C22H22Cl3N3O3/c1-2-26-8-4-3-5-15(26)12-27-19-10-13(21(29)30)9-17(25)20(19)28(22(27)31)18-7-6-14(23)11-16(18)24/h6-7,9-11,15H,2-5,8,12H2,1H3,(H,29,30). The SMILES string of the molecule is CCN1CCCCC1Cn1c(=O)n(-c2ccc(Cl)cc2Cl)c2c(Cl)cc(C(=O)O)cc21. The molecule has 1 fully saturated rings. The highest BCUT2D eigenvalue weighted by Gasteiger charge is 2.26. The largest absolute Gasteiger partial charge is 0.478 e. The average Bonchev–Trinajstić information content (AvgIpc) is 3.00. The van der Waals surface area contributed by atoms with Gasteiger partial charge in [0.1, 0.15) is 0 Å². The molecule has 1 aromatic heterocycles. The highest BCUT2D eigenvalue weighted by Crippen LogP contribution is 2.32. The highest BCUT2D eigenvalue weighted by atomic mass is 35.5. The first-order valence-corrected chi connectivity index (χ1v) is 11.3. The summed E-state index contributed by atoms with van der Waals surface area (Å²) in [5.74, 6) is -1.10. The number of nitrogens with zero attached hydrogens (tertiary/aromatic N) is 3. The van der Waals surface area contributed by atoms with Gasteiger partial charge >= 0.3 is 11.7 Å². The van der Waals surface area contributed by atoms with E-state index in [1.54, 1.807) is 22.8 Å². The van der Waals surface area contributed by atoms with Gasteiger partial charge in [0.05, 0.1) is 32.3 Å². The summed E-state index contributed by atoms with van der Waals surface area (Å²) in [7, 11) is 0. The van der Waals surface area contributed by atoms with Gasteiger partial charge in [-0.05, 0) is 56.3 Å². The van der Waals surface area contributed by atoms with E-state index in [9.17, 15) is 14.7 Å². The van der Waals surface area contributed by atoms with Crippen LogP contribution in [0.5, 0.6) is 0 Å². The zero-order valence-corrected chi connectivity index (χ0v) is 19.2. The summed E-state index contributed by atoms with van der Waals surface area (Å²) in [5, 5.41) is 10.5. The van der Waals surface area contributed by atoms with Gasteiger partial charge in [-0.25, -0.2) is 9.59 Å². The molecular formula is C22H22Cl3N3O3. The fraction of sp³-hybridized carbons (Fsp3) is 0.364.